The van der Waals surface area contributed by atoms with Crippen molar-refractivity contribution < 1.29 is 14.4 Å². The summed E-state index contributed by atoms with van der Waals surface area (Å²) < 4.78 is 6.99. The largest absolute Gasteiger partial charge is 0.488 e. The first-order chi connectivity index (χ1) is 14.2. The molecule has 29 heavy (non-hydrogen) atoms. The molecule has 6 heteroatoms. The molecule has 2 aromatic carbocycles. The number of amides is 1. The van der Waals surface area contributed by atoms with Crippen LogP contribution in [0.25, 0.3) is 10.2 Å². The van der Waals surface area contributed by atoms with E-state index >= 15 is 0 Å². The van der Waals surface area contributed by atoms with Crippen LogP contribution in [0.5, 0.6) is 5.75 Å². The van der Waals surface area contributed by atoms with Gasteiger partial charge in [0, 0.05) is 19.0 Å². The van der Waals surface area contributed by atoms with Crippen LogP contribution in [0.15, 0.2) is 54.6 Å². The van der Waals surface area contributed by atoms with Gasteiger partial charge in [0.05, 0.1) is 22.3 Å². The molecular formula is C23H28N3O2S+. The Labute approximate surface area is 175 Å². The maximum atomic E-state index is 12.7. The third-order valence-electron chi connectivity index (χ3n) is 5.50. The van der Waals surface area contributed by atoms with Crippen molar-refractivity contribution in [3.05, 3.63) is 59.6 Å². The average molecular weight is 411 g/mol. The lowest BCUT2D eigenvalue weighted by Crippen LogP contribution is -3.10. The zero-order chi connectivity index (χ0) is 20.1. The van der Waals surface area contributed by atoms with E-state index < -0.39 is 0 Å². The Balaban J connectivity index is 1.21. The van der Waals surface area contributed by atoms with Gasteiger partial charge >= 0.3 is 0 Å². The zero-order valence-electron chi connectivity index (χ0n) is 16.8. The van der Waals surface area contributed by atoms with Crippen molar-refractivity contribution in [3.63, 3.8) is 0 Å². The summed E-state index contributed by atoms with van der Waals surface area (Å²) in [5.74, 6) is 1.59. The Morgan fingerprint density at radius 2 is 1.86 bits per heavy atom. The number of thiazole rings is 1. The molecule has 152 valence electrons. The van der Waals surface area contributed by atoms with Crippen molar-refractivity contribution in [2.45, 2.75) is 18.8 Å². The van der Waals surface area contributed by atoms with Gasteiger partial charge in [-0.2, -0.15) is 0 Å². The summed E-state index contributed by atoms with van der Waals surface area (Å²) in [6.07, 6.45) is 2.00. The van der Waals surface area contributed by atoms with Crippen LogP contribution in [0.1, 0.15) is 23.8 Å². The fourth-order valence-corrected chi connectivity index (χ4v) is 4.90. The summed E-state index contributed by atoms with van der Waals surface area (Å²) in [6, 6.07) is 18.1. The smallest absolute Gasteiger partial charge is 0.277 e. The number of likely N-dealkylation sites (N-methyl/N-ethyl adjacent to an activating group) is 1. The minimum atomic E-state index is 0.241. The summed E-state index contributed by atoms with van der Waals surface area (Å²) in [5, 5.41) is 1.22. The van der Waals surface area contributed by atoms with Crippen molar-refractivity contribution in [3.8, 4) is 5.75 Å². The van der Waals surface area contributed by atoms with Gasteiger partial charge in [0.1, 0.15) is 18.9 Å². The number of piperidine rings is 1. The number of fused-ring (bicyclic) bond motifs is 1. The number of ether oxygens (including phenoxy) is 1. The molecule has 1 unspecified atom stereocenters. The number of hydrogen-bond acceptors (Lipinski definition) is 4. The molecule has 0 aliphatic carbocycles. The Hall–Kier alpha value is -2.44. The normalized spacial score (nSPS) is 16.1. The molecule has 4 rings (SSSR count). The number of nitrogens with zero attached hydrogens (tertiary/aromatic N) is 2. The first-order valence-electron chi connectivity index (χ1n) is 10.3. The predicted molar refractivity (Wildman–Crippen MR) is 117 cm³/mol. The van der Waals surface area contributed by atoms with Crippen molar-refractivity contribution >= 4 is 27.5 Å². The number of aromatic nitrogens is 1. The first-order valence-corrected chi connectivity index (χ1v) is 11.1. The van der Waals surface area contributed by atoms with Crippen LogP contribution in [-0.2, 0) is 4.79 Å². The molecule has 1 aliphatic rings. The number of para-hydroxylation sites is 2. The first kappa shape index (κ1) is 19.9. The van der Waals surface area contributed by atoms with Crippen molar-refractivity contribution in [1.82, 2.24) is 9.88 Å². The van der Waals surface area contributed by atoms with E-state index in [0.29, 0.717) is 19.1 Å². The van der Waals surface area contributed by atoms with Crippen LogP contribution >= 0.6 is 11.3 Å². The summed E-state index contributed by atoms with van der Waals surface area (Å²) in [4.78, 5) is 20.7. The molecule has 0 spiro atoms. The van der Waals surface area contributed by atoms with Gasteiger partial charge in [-0.1, -0.05) is 30.3 Å². The molecule has 1 atom stereocenters. The van der Waals surface area contributed by atoms with Crippen molar-refractivity contribution in [1.29, 1.82) is 0 Å². The lowest BCUT2D eigenvalue weighted by Gasteiger charge is -2.31. The molecule has 1 saturated heterocycles. The number of hydrogen-bond donors (Lipinski definition) is 1. The molecule has 1 amide bonds. The molecule has 0 saturated carbocycles. The Morgan fingerprint density at radius 1 is 1.14 bits per heavy atom. The molecule has 1 aromatic heterocycles. The lowest BCUT2D eigenvalue weighted by atomic mass is 9.97. The van der Waals surface area contributed by atoms with E-state index in [1.165, 1.54) is 14.6 Å². The molecular weight excluding hydrogens is 382 g/mol. The van der Waals surface area contributed by atoms with Gasteiger partial charge in [-0.15, -0.1) is 11.3 Å². The lowest BCUT2D eigenvalue weighted by molar-refractivity contribution is -0.871. The van der Waals surface area contributed by atoms with Crippen LogP contribution < -0.4 is 9.64 Å². The van der Waals surface area contributed by atoms with Gasteiger partial charge in [-0.25, -0.2) is 4.98 Å². The topological polar surface area (TPSA) is 46.9 Å². The van der Waals surface area contributed by atoms with Crippen LogP contribution in [0.2, 0.25) is 0 Å². The standard InChI is InChI=1S/C23H27N3O2S/c1-25(15-16-28-19-7-3-2-4-8-19)17-22(27)26-13-11-18(12-14-26)23-24-20-9-5-6-10-21(20)29-23/h2-10,18H,11-17H2,1H3/p+1. The second-order valence-corrected chi connectivity index (χ2v) is 8.78. The maximum absolute atomic E-state index is 12.7. The highest BCUT2D eigenvalue weighted by molar-refractivity contribution is 7.18. The van der Waals surface area contributed by atoms with Gasteiger partial charge in [-0.05, 0) is 37.1 Å². The molecule has 1 fully saturated rings. The Morgan fingerprint density at radius 3 is 2.62 bits per heavy atom. The second kappa shape index (κ2) is 9.37. The summed E-state index contributed by atoms with van der Waals surface area (Å²) >= 11 is 1.80. The van der Waals surface area contributed by atoms with Gasteiger partial charge in [0.25, 0.3) is 5.91 Å². The molecule has 0 radical (unpaired) electrons. The van der Waals surface area contributed by atoms with E-state index in [2.05, 4.69) is 25.2 Å². The highest BCUT2D eigenvalue weighted by Gasteiger charge is 2.27. The highest BCUT2D eigenvalue weighted by Crippen LogP contribution is 2.33. The SMILES string of the molecule is C[NH+](CCOc1ccccc1)CC(=O)N1CCC(c2nc3ccccc3s2)CC1. The van der Waals surface area contributed by atoms with Gasteiger partial charge in [0.2, 0.25) is 0 Å². The number of carbonyl (C=O) groups is 1. The van der Waals surface area contributed by atoms with Gasteiger partial charge in [-0.3, -0.25) is 4.79 Å². The summed E-state index contributed by atoms with van der Waals surface area (Å²) in [6.45, 7) is 3.59. The van der Waals surface area contributed by atoms with Crippen molar-refractivity contribution in [2.24, 2.45) is 0 Å². The van der Waals surface area contributed by atoms with Gasteiger partial charge < -0.3 is 14.5 Å². The number of carbonyl (C=O) groups excluding carboxylic acids is 1. The minimum absolute atomic E-state index is 0.241. The Bertz CT molecular complexity index is 902. The third-order valence-corrected chi connectivity index (χ3v) is 6.70. The molecule has 2 heterocycles. The molecule has 1 aliphatic heterocycles. The fraction of sp³-hybridized carbons (Fsp3) is 0.391. The number of nitrogens with one attached hydrogen (secondary N) is 1. The quantitative estimate of drug-likeness (QED) is 0.651. The molecule has 5 nitrogen and oxygen atoms in total. The van der Waals surface area contributed by atoms with Crippen LogP contribution in [0.3, 0.4) is 0 Å². The minimum Gasteiger partial charge on any atom is -0.488 e. The van der Waals surface area contributed by atoms with E-state index in [9.17, 15) is 4.79 Å². The van der Waals surface area contributed by atoms with Crippen molar-refractivity contribution in [2.75, 3.05) is 39.8 Å². The molecule has 1 N–H and O–H groups in total. The maximum Gasteiger partial charge on any atom is 0.277 e. The fourth-order valence-electron chi connectivity index (χ4n) is 3.76. The van der Waals surface area contributed by atoms with Gasteiger partial charge in [0.15, 0.2) is 6.54 Å². The van der Waals surface area contributed by atoms with E-state index in [1.54, 1.807) is 11.3 Å². The molecule has 3 aromatic rings. The van der Waals surface area contributed by atoms with Crippen LogP contribution in [-0.4, -0.2) is 55.6 Å². The van der Waals surface area contributed by atoms with E-state index in [-0.39, 0.29) is 5.91 Å². The predicted octanol–water partition coefficient (Wildman–Crippen LogP) is 2.60. The van der Waals surface area contributed by atoms with E-state index in [4.69, 9.17) is 9.72 Å². The second-order valence-electron chi connectivity index (χ2n) is 7.72. The molecule has 0 bridgehead atoms. The van der Waals surface area contributed by atoms with E-state index in [0.717, 1.165) is 43.7 Å². The van der Waals surface area contributed by atoms with Crippen LogP contribution in [0, 0.1) is 0 Å². The highest BCUT2D eigenvalue weighted by atomic mass is 32.1. The Kier molecular flexibility index (Phi) is 6.42. The zero-order valence-corrected chi connectivity index (χ0v) is 17.7. The number of benzene rings is 2. The number of likely N-dealkylation sites (tertiary alicyclic amines) is 1. The van der Waals surface area contributed by atoms with E-state index in [1.807, 2.05) is 41.3 Å². The summed E-state index contributed by atoms with van der Waals surface area (Å²) in [5.41, 5.74) is 1.09. The summed E-state index contributed by atoms with van der Waals surface area (Å²) in [7, 11) is 2.06. The number of rotatable bonds is 7. The monoisotopic (exact) mass is 410 g/mol. The third kappa shape index (κ3) is 5.14. The van der Waals surface area contributed by atoms with Crippen LogP contribution in [0.4, 0.5) is 0 Å². The number of quaternary nitrogens is 1. The average Bonchev–Trinajstić information content (AvgIpc) is 3.19.